The summed E-state index contributed by atoms with van der Waals surface area (Å²) in [6.07, 6.45) is 9.79. The summed E-state index contributed by atoms with van der Waals surface area (Å²) in [4.78, 5) is 6.57. The van der Waals surface area contributed by atoms with Crippen LogP contribution in [0, 0.1) is 36.0 Å². The number of terminal acetylenes is 1. The number of rotatable bonds is 3. The third-order valence-electron chi connectivity index (χ3n) is 5.30. The van der Waals surface area contributed by atoms with Crippen LogP contribution >= 0.6 is 0 Å². The average molecular weight is 331 g/mol. The molecule has 1 saturated heterocycles. The van der Waals surface area contributed by atoms with Crippen molar-refractivity contribution in [2.75, 3.05) is 20.1 Å². The van der Waals surface area contributed by atoms with E-state index in [1.54, 1.807) is 7.05 Å². The van der Waals surface area contributed by atoms with Crippen molar-refractivity contribution in [1.82, 2.24) is 4.90 Å². The molecule has 0 radical (unpaired) electrons. The highest BCUT2D eigenvalue weighted by Gasteiger charge is 2.40. The molecule has 3 nitrogen and oxygen atoms in total. The van der Waals surface area contributed by atoms with E-state index < -0.39 is 0 Å². The van der Waals surface area contributed by atoms with Gasteiger partial charge in [0, 0.05) is 31.5 Å². The van der Waals surface area contributed by atoms with E-state index in [0.29, 0.717) is 11.6 Å². The summed E-state index contributed by atoms with van der Waals surface area (Å²) in [5.74, 6) is 3.36. The fraction of sp³-hybridized carbons (Fsp3) is 0.364. The lowest BCUT2D eigenvalue weighted by Crippen LogP contribution is -2.53. The molecule has 1 fully saturated rings. The fourth-order valence-electron chi connectivity index (χ4n) is 3.28. The number of hydrogen-bond acceptors (Lipinski definition) is 3. The summed E-state index contributed by atoms with van der Waals surface area (Å²) >= 11 is 0. The van der Waals surface area contributed by atoms with E-state index in [0.717, 1.165) is 35.6 Å². The molecule has 1 aliphatic carbocycles. The predicted molar refractivity (Wildman–Crippen MR) is 106 cm³/mol. The average Bonchev–Trinajstić information content (AvgIpc) is 2.54. The van der Waals surface area contributed by atoms with Gasteiger partial charge in [-0.3, -0.25) is 10.4 Å². The van der Waals surface area contributed by atoms with Gasteiger partial charge in [0.1, 0.15) is 5.71 Å². The van der Waals surface area contributed by atoms with Gasteiger partial charge >= 0.3 is 0 Å². The Hall–Kier alpha value is -2.60. The predicted octanol–water partition coefficient (Wildman–Crippen LogP) is 3.96. The molecule has 1 aromatic carbocycles. The van der Waals surface area contributed by atoms with E-state index in [1.807, 2.05) is 6.08 Å². The molecule has 1 aliphatic heterocycles. The normalized spacial score (nSPS) is 20.0. The Morgan fingerprint density at radius 2 is 2.00 bits per heavy atom. The first kappa shape index (κ1) is 17.2. The van der Waals surface area contributed by atoms with Gasteiger partial charge in [-0.25, -0.2) is 0 Å². The molecule has 0 saturated carbocycles. The Kier molecular flexibility index (Phi) is 4.39. The highest BCUT2D eigenvalue weighted by molar-refractivity contribution is 6.53. The zero-order valence-electron chi connectivity index (χ0n) is 15.4. The first-order valence-electron chi connectivity index (χ1n) is 8.65. The minimum absolute atomic E-state index is 0.106. The molecule has 3 heteroatoms. The van der Waals surface area contributed by atoms with Gasteiger partial charge in [-0.05, 0) is 44.1 Å². The molecule has 1 heterocycles. The van der Waals surface area contributed by atoms with Crippen LogP contribution in [0.25, 0.3) is 5.57 Å². The van der Waals surface area contributed by atoms with Crippen molar-refractivity contribution in [3.8, 4) is 12.3 Å². The van der Waals surface area contributed by atoms with Gasteiger partial charge < -0.3 is 4.90 Å². The Labute approximate surface area is 150 Å². The Morgan fingerprint density at radius 3 is 2.60 bits per heavy atom. The largest absolute Gasteiger partial charge is 0.369 e. The van der Waals surface area contributed by atoms with Crippen molar-refractivity contribution < 1.29 is 0 Å². The molecule has 2 aliphatic rings. The molecule has 0 atom stereocenters. The number of nitrogens with zero attached hydrogens (tertiary/aromatic N) is 2. The van der Waals surface area contributed by atoms with Crippen LogP contribution in [0.2, 0.25) is 0 Å². The van der Waals surface area contributed by atoms with E-state index in [1.165, 1.54) is 5.56 Å². The summed E-state index contributed by atoms with van der Waals surface area (Å²) in [5, 5.41) is 8.51. The summed E-state index contributed by atoms with van der Waals surface area (Å²) in [6.45, 7) is 8.11. The second-order valence-electron chi connectivity index (χ2n) is 7.45. The van der Waals surface area contributed by atoms with Gasteiger partial charge in [-0.1, -0.05) is 29.8 Å². The van der Waals surface area contributed by atoms with E-state index in [4.69, 9.17) is 11.8 Å². The van der Waals surface area contributed by atoms with Crippen LogP contribution in [0.15, 0.2) is 47.1 Å². The lowest BCUT2D eigenvalue weighted by atomic mass is 9.74. The van der Waals surface area contributed by atoms with Crippen LogP contribution in [-0.4, -0.2) is 36.5 Å². The minimum atomic E-state index is -0.106. The highest BCUT2D eigenvalue weighted by Crippen LogP contribution is 2.37. The zero-order chi connectivity index (χ0) is 18.2. The third kappa shape index (κ3) is 3.17. The van der Waals surface area contributed by atoms with E-state index in [9.17, 15) is 0 Å². The highest BCUT2D eigenvalue weighted by atomic mass is 15.2. The molecule has 128 valence electrons. The molecule has 0 bridgehead atoms. The SMILES string of the molecule is C#CC(C)(C)C1CN(C2=CC(c3cccc(C)c3)=C/C(=N/C)C2=N)C1. The van der Waals surface area contributed by atoms with Crippen molar-refractivity contribution in [3.05, 3.63) is 53.2 Å². The van der Waals surface area contributed by atoms with Crippen molar-refractivity contribution in [1.29, 1.82) is 5.41 Å². The quantitative estimate of drug-likeness (QED) is 0.661. The molecular formula is C22H25N3. The molecule has 0 amide bonds. The van der Waals surface area contributed by atoms with Crippen LogP contribution < -0.4 is 0 Å². The van der Waals surface area contributed by atoms with Crippen LogP contribution in [0.3, 0.4) is 0 Å². The molecule has 0 spiro atoms. The first-order chi connectivity index (χ1) is 11.9. The van der Waals surface area contributed by atoms with Gasteiger partial charge in [0.05, 0.1) is 11.4 Å². The molecule has 1 N–H and O–H groups in total. The molecule has 3 rings (SSSR count). The second kappa shape index (κ2) is 6.37. The molecule has 25 heavy (non-hydrogen) atoms. The van der Waals surface area contributed by atoms with Crippen LogP contribution in [0.1, 0.15) is 25.0 Å². The summed E-state index contributed by atoms with van der Waals surface area (Å²) in [7, 11) is 1.75. The third-order valence-corrected chi connectivity index (χ3v) is 5.30. The number of allylic oxidation sites excluding steroid dienone is 4. The maximum Gasteiger partial charge on any atom is 0.103 e. The lowest BCUT2D eigenvalue weighted by Gasteiger charge is -2.48. The Balaban J connectivity index is 1.90. The number of hydrogen-bond donors (Lipinski definition) is 1. The molecule has 0 aromatic heterocycles. The van der Waals surface area contributed by atoms with E-state index >= 15 is 0 Å². The molecule has 1 aromatic rings. The van der Waals surface area contributed by atoms with Crippen molar-refractivity contribution in [2.24, 2.45) is 16.3 Å². The summed E-state index contributed by atoms with van der Waals surface area (Å²) < 4.78 is 0. The number of benzene rings is 1. The van der Waals surface area contributed by atoms with Gasteiger partial charge in [0.15, 0.2) is 0 Å². The van der Waals surface area contributed by atoms with Gasteiger partial charge in [-0.15, -0.1) is 12.3 Å². The number of aryl methyl sites for hydroxylation is 1. The van der Waals surface area contributed by atoms with E-state index in [-0.39, 0.29) is 5.41 Å². The lowest BCUT2D eigenvalue weighted by molar-refractivity contribution is 0.0792. The number of aliphatic imine (C=N–C) groups is 1. The summed E-state index contributed by atoms with van der Waals surface area (Å²) in [6, 6.07) is 8.44. The number of nitrogens with one attached hydrogen (secondary N) is 1. The first-order valence-corrected chi connectivity index (χ1v) is 8.65. The van der Waals surface area contributed by atoms with Gasteiger partial charge in [0.2, 0.25) is 0 Å². The Morgan fingerprint density at radius 1 is 1.28 bits per heavy atom. The van der Waals surface area contributed by atoms with Crippen LogP contribution in [-0.2, 0) is 0 Å². The Bertz CT molecular complexity index is 840. The van der Waals surface area contributed by atoms with Gasteiger partial charge in [-0.2, -0.15) is 0 Å². The zero-order valence-corrected chi connectivity index (χ0v) is 15.4. The fourth-order valence-corrected chi connectivity index (χ4v) is 3.28. The van der Waals surface area contributed by atoms with E-state index in [2.05, 4.69) is 66.9 Å². The van der Waals surface area contributed by atoms with Crippen LogP contribution in [0.5, 0.6) is 0 Å². The summed E-state index contributed by atoms with van der Waals surface area (Å²) in [5.41, 5.74) is 5.56. The van der Waals surface area contributed by atoms with Crippen molar-refractivity contribution in [3.63, 3.8) is 0 Å². The molecule has 0 unspecified atom stereocenters. The van der Waals surface area contributed by atoms with Gasteiger partial charge in [0.25, 0.3) is 0 Å². The topological polar surface area (TPSA) is 39.5 Å². The molecular weight excluding hydrogens is 306 g/mol. The number of likely N-dealkylation sites (tertiary alicyclic amines) is 1. The maximum atomic E-state index is 8.51. The van der Waals surface area contributed by atoms with Crippen LogP contribution in [0.4, 0.5) is 0 Å². The van der Waals surface area contributed by atoms with Crippen molar-refractivity contribution >= 4 is 17.0 Å². The monoisotopic (exact) mass is 331 g/mol. The standard InChI is InChI=1S/C22H25N3/c1-6-22(3,4)18-13-25(14-18)20-12-17(11-19(24-5)21(20)23)16-9-7-8-15(2)10-16/h1,7-12,18,23H,13-14H2,2-5H3/b23-21?,24-19-. The maximum absolute atomic E-state index is 8.51. The smallest absolute Gasteiger partial charge is 0.103 e. The van der Waals surface area contributed by atoms with Crippen molar-refractivity contribution in [2.45, 2.75) is 20.8 Å². The second-order valence-corrected chi connectivity index (χ2v) is 7.45. The minimum Gasteiger partial charge on any atom is -0.369 e.